The average Bonchev–Trinajstić information content (AvgIpc) is 2.76. The molecule has 6 nitrogen and oxygen atoms in total. The fraction of sp³-hybridized carbons (Fsp3) is 0.250. The predicted octanol–water partition coefficient (Wildman–Crippen LogP) is 1.30. The number of aromatic nitrogens is 4. The number of rotatable bonds is 2. The van der Waals surface area contributed by atoms with Crippen molar-refractivity contribution in [3.05, 3.63) is 36.2 Å². The first-order chi connectivity index (χ1) is 8.75. The van der Waals surface area contributed by atoms with E-state index in [9.17, 15) is 0 Å². The number of fused-ring (bicyclic) bond motifs is 1. The number of hydrogen-bond donors (Lipinski definition) is 2. The van der Waals surface area contributed by atoms with Crippen molar-refractivity contribution in [2.45, 2.75) is 12.8 Å². The van der Waals surface area contributed by atoms with Crippen LogP contribution in [0.5, 0.6) is 0 Å². The minimum Gasteiger partial charge on any atom is -0.397 e. The molecule has 6 heteroatoms. The van der Waals surface area contributed by atoms with E-state index in [2.05, 4.69) is 26.3 Å². The van der Waals surface area contributed by atoms with E-state index in [0.717, 1.165) is 35.4 Å². The van der Waals surface area contributed by atoms with Gasteiger partial charge in [0.1, 0.15) is 6.33 Å². The Bertz CT molecular complexity index is 652. The van der Waals surface area contributed by atoms with E-state index < -0.39 is 0 Å². The number of imidazole rings is 1. The van der Waals surface area contributed by atoms with Crippen molar-refractivity contribution < 1.29 is 0 Å². The summed E-state index contributed by atoms with van der Waals surface area (Å²) in [5.74, 6) is 0.685. The first kappa shape index (κ1) is 10.8. The van der Waals surface area contributed by atoms with Crippen LogP contribution in [-0.4, -0.2) is 19.5 Å². The molecule has 0 saturated carbocycles. The van der Waals surface area contributed by atoms with Crippen LogP contribution >= 0.6 is 0 Å². The lowest BCUT2D eigenvalue weighted by atomic mass is 10.1. The van der Waals surface area contributed by atoms with Gasteiger partial charge >= 0.3 is 0 Å². The summed E-state index contributed by atoms with van der Waals surface area (Å²) in [7, 11) is 1.90. The van der Waals surface area contributed by atoms with Gasteiger partial charge in [0, 0.05) is 7.05 Å². The second-order valence-corrected chi connectivity index (χ2v) is 4.23. The molecule has 1 aliphatic carbocycles. The molecule has 0 aromatic carbocycles. The highest BCUT2D eigenvalue weighted by molar-refractivity contribution is 5.83. The van der Waals surface area contributed by atoms with Gasteiger partial charge in [0.2, 0.25) is 0 Å². The van der Waals surface area contributed by atoms with Gasteiger partial charge in [0.25, 0.3) is 0 Å². The zero-order valence-corrected chi connectivity index (χ0v) is 10.1. The van der Waals surface area contributed by atoms with Crippen LogP contribution in [0.2, 0.25) is 0 Å². The molecule has 1 aliphatic rings. The van der Waals surface area contributed by atoms with Crippen molar-refractivity contribution >= 4 is 17.0 Å². The number of nitrogens with zero attached hydrogens (tertiary/aromatic N) is 4. The maximum absolute atomic E-state index is 5.94. The van der Waals surface area contributed by atoms with E-state index in [1.807, 2.05) is 17.7 Å². The Morgan fingerprint density at radius 3 is 2.89 bits per heavy atom. The van der Waals surface area contributed by atoms with Crippen molar-refractivity contribution in [3.8, 4) is 0 Å². The number of nitrogens with one attached hydrogen (secondary N) is 1. The second kappa shape index (κ2) is 4.14. The van der Waals surface area contributed by atoms with Crippen LogP contribution in [0.1, 0.15) is 12.8 Å². The molecule has 18 heavy (non-hydrogen) atoms. The van der Waals surface area contributed by atoms with Crippen LogP contribution < -0.4 is 11.1 Å². The van der Waals surface area contributed by atoms with Crippen LogP contribution in [0.3, 0.4) is 0 Å². The molecule has 0 atom stereocenters. The van der Waals surface area contributed by atoms with E-state index in [1.165, 1.54) is 6.33 Å². The highest BCUT2D eigenvalue weighted by Crippen LogP contribution is 2.21. The zero-order chi connectivity index (χ0) is 12.5. The molecule has 2 aromatic rings. The molecule has 3 rings (SSSR count). The monoisotopic (exact) mass is 242 g/mol. The van der Waals surface area contributed by atoms with Crippen LogP contribution in [0, 0.1) is 0 Å². The summed E-state index contributed by atoms with van der Waals surface area (Å²) in [6, 6.07) is 0. The topological polar surface area (TPSA) is 81.7 Å². The second-order valence-electron chi connectivity index (χ2n) is 4.23. The van der Waals surface area contributed by atoms with E-state index in [-0.39, 0.29) is 0 Å². The lowest BCUT2D eigenvalue weighted by Gasteiger charge is -2.14. The Morgan fingerprint density at radius 1 is 1.22 bits per heavy atom. The summed E-state index contributed by atoms with van der Waals surface area (Å²) < 4.78 is 1.86. The number of hydrogen-bond acceptors (Lipinski definition) is 5. The maximum atomic E-state index is 5.94. The highest BCUT2D eigenvalue weighted by Gasteiger charge is 2.11. The summed E-state index contributed by atoms with van der Waals surface area (Å²) >= 11 is 0. The molecule has 0 fully saturated rings. The maximum Gasteiger partial charge on any atom is 0.165 e. The van der Waals surface area contributed by atoms with Gasteiger partial charge in [-0.1, -0.05) is 12.2 Å². The molecular formula is C12H14N6. The third kappa shape index (κ3) is 1.71. The van der Waals surface area contributed by atoms with Crippen LogP contribution in [-0.2, 0) is 7.05 Å². The van der Waals surface area contributed by atoms with Gasteiger partial charge in [0.05, 0.1) is 17.7 Å². The van der Waals surface area contributed by atoms with Gasteiger partial charge in [-0.25, -0.2) is 15.0 Å². The van der Waals surface area contributed by atoms with Gasteiger partial charge in [-0.3, -0.25) is 0 Å². The third-order valence-electron chi connectivity index (χ3n) is 2.94. The van der Waals surface area contributed by atoms with E-state index in [0.29, 0.717) is 5.82 Å². The van der Waals surface area contributed by atoms with E-state index in [1.54, 1.807) is 6.33 Å². The minimum atomic E-state index is 0.685. The first-order valence-electron chi connectivity index (χ1n) is 5.81. The Balaban J connectivity index is 2.00. The van der Waals surface area contributed by atoms with E-state index in [4.69, 9.17) is 5.73 Å². The lowest BCUT2D eigenvalue weighted by Crippen LogP contribution is -2.13. The Morgan fingerprint density at radius 2 is 2.06 bits per heavy atom. The summed E-state index contributed by atoms with van der Waals surface area (Å²) in [4.78, 5) is 12.7. The summed E-state index contributed by atoms with van der Waals surface area (Å²) in [6.45, 7) is 0. The van der Waals surface area contributed by atoms with Crippen molar-refractivity contribution in [3.63, 3.8) is 0 Å². The summed E-state index contributed by atoms with van der Waals surface area (Å²) in [5, 5.41) is 3.23. The first-order valence-corrected chi connectivity index (χ1v) is 5.81. The molecule has 0 bridgehead atoms. The van der Waals surface area contributed by atoms with Gasteiger partial charge in [-0.15, -0.1) is 0 Å². The fourth-order valence-corrected chi connectivity index (χ4v) is 1.98. The quantitative estimate of drug-likeness (QED) is 0.829. The molecule has 0 spiro atoms. The van der Waals surface area contributed by atoms with Gasteiger partial charge in [0.15, 0.2) is 17.0 Å². The van der Waals surface area contributed by atoms with Crippen molar-refractivity contribution in [2.24, 2.45) is 12.8 Å². The largest absolute Gasteiger partial charge is 0.397 e. The Labute approximate surface area is 104 Å². The smallest absolute Gasteiger partial charge is 0.165 e. The molecule has 2 aromatic heterocycles. The Hall–Kier alpha value is -2.37. The molecule has 0 aliphatic heterocycles. The molecule has 92 valence electrons. The van der Waals surface area contributed by atoms with Gasteiger partial charge in [-0.05, 0) is 12.8 Å². The fourth-order valence-electron chi connectivity index (χ4n) is 1.98. The normalized spacial score (nSPS) is 15.4. The van der Waals surface area contributed by atoms with Crippen LogP contribution in [0.4, 0.5) is 5.82 Å². The number of anilines is 1. The zero-order valence-electron chi connectivity index (χ0n) is 10.1. The van der Waals surface area contributed by atoms with E-state index >= 15 is 0 Å². The summed E-state index contributed by atoms with van der Waals surface area (Å²) in [5.41, 5.74) is 9.13. The summed E-state index contributed by atoms with van der Waals surface area (Å²) in [6.07, 6.45) is 9.30. The minimum absolute atomic E-state index is 0.685. The van der Waals surface area contributed by atoms with Crippen molar-refractivity contribution in [1.29, 1.82) is 0 Å². The highest BCUT2D eigenvalue weighted by atomic mass is 15.1. The molecule has 3 N–H and O–H groups in total. The average molecular weight is 242 g/mol. The standard InChI is InChI=1S/C12H14N6/c1-18-7-16-10-11(14-6-15-12(10)18)17-9-5-3-2-4-8(9)13/h4-7H,2-3,13H2,1H3,(H,14,15,17). The van der Waals surface area contributed by atoms with Crippen molar-refractivity contribution in [2.75, 3.05) is 5.32 Å². The SMILES string of the molecule is Cn1cnc2c(NC3=CCCC=C3N)ncnc21. The molecule has 0 amide bonds. The van der Waals surface area contributed by atoms with Crippen LogP contribution in [0.15, 0.2) is 36.2 Å². The van der Waals surface area contributed by atoms with Gasteiger partial charge < -0.3 is 15.6 Å². The third-order valence-corrected chi connectivity index (χ3v) is 2.94. The predicted molar refractivity (Wildman–Crippen MR) is 69.5 cm³/mol. The lowest BCUT2D eigenvalue weighted by molar-refractivity contribution is 0.928. The number of allylic oxidation sites excluding steroid dienone is 2. The molecule has 0 unspecified atom stereocenters. The molecule has 2 heterocycles. The molecular weight excluding hydrogens is 228 g/mol. The van der Waals surface area contributed by atoms with Gasteiger partial charge in [-0.2, -0.15) is 0 Å². The van der Waals surface area contributed by atoms with Crippen LogP contribution in [0.25, 0.3) is 11.2 Å². The molecule has 0 radical (unpaired) electrons. The number of aryl methyl sites for hydroxylation is 1. The Kier molecular flexibility index (Phi) is 2.47. The molecule has 0 saturated heterocycles. The number of nitrogens with two attached hydrogens (primary N) is 1. The van der Waals surface area contributed by atoms with Crippen molar-refractivity contribution in [1.82, 2.24) is 19.5 Å².